The lowest BCUT2D eigenvalue weighted by molar-refractivity contribution is 0.0953. The van der Waals surface area contributed by atoms with Crippen molar-refractivity contribution in [2.45, 2.75) is 19.8 Å². The number of ether oxygens (including phenoxy) is 1. The molecule has 20 heavy (non-hydrogen) atoms. The minimum atomic E-state index is -0.0781. The summed E-state index contributed by atoms with van der Waals surface area (Å²) in [5.41, 5.74) is 0.633. The third-order valence-corrected chi connectivity index (χ3v) is 2.77. The van der Waals surface area contributed by atoms with Crippen LogP contribution in [0.4, 0.5) is 0 Å². The number of carbonyl (C=O) groups is 1. The molecule has 1 aromatic carbocycles. The second-order valence-corrected chi connectivity index (χ2v) is 4.25. The number of aryl methyl sites for hydroxylation is 1. The van der Waals surface area contributed by atoms with Gasteiger partial charge in [-0.25, -0.2) is 4.98 Å². The number of hydrogen-bond donors (Lipinski definition) is 2. The second-order valence-electron chi connectivity index (χ2n) is 4.25. The molecule has 1 amide bonds. The molecule has 0 fully saturated rings. The Morgan fingerprint density at radius 1 is 1.35 bits per heavy atom. The van der Waals surface area contributed by atoms with Crippen LogP contribution in [-0.4, -0.2) is 34.2 Å². The molecule has 0 aliphatic heterocycles. The largest absolute Gasteiger partial charge is 0.494 e. The summed E-state index contributed by atoms with van der Waals surface area (Å²) in [5.74, 6) is 1.53. The lowest BCUT2D eigenvalue weighted by Gasteiger charge is -2.06. The molecule has 2 N–H and O–H groups in total. The molecule has 1 aromatic heterocycles. The SMILES string of the molecule is CCOc1ccc(C(=O)NCCCc2ncn[nH]2)cc1. The highest BCUT2D eigenvalue weighted by Crippen LogP contribution is 2.11. The number of nitrogens with zero attached hydrogens (tertiary/aromatic N) is 2. The van der Waals surface area contributed by atoms with Crippen LogP contribution in [0.3, 0.4) is 0 Å². The molecular formula is C14H18N4O2. The summed E-state index contributed by atoms with van der Waals surface area (Å²) in [6.45, 7) is 3.15. The highest BCUT2D eigenvalue weighted by molar-refractivity contribution is 5.94. The number of aromatic nitrogens is 3. The van der Waals surface area contributed by atoms with Gasteiger partial charge in [0.15, 0.2) is 0 Å². The van der Waals surface area contributed by atoms with Crippen LogP contribution in [0.2, 0.25) is 0 Å². The van der Waals surface area contributed by atoms with Crippen molar-refractivity contribution < 1.29 is 9.53 Å². The van der Waals surface area contributed by atoms with Crippen molar-refractivity contribution in [1.82, 2.24) is 20.5 Å². The maximum Gasteiger partial charge on any atom is 0.251 e. The van der Waals surface area contributed by atoms with Crippen LogP contribution in [0.15, 0.2) is 30.6 Å². The fraction of sp³-hybridized carbons (Fsp3) is 0.357. The number of hydrogen-bond acceptors (Lipinski definition) is 4. The van der Waals surface area contributed by atoms with E-state index in [9.17, 15) is 4.79 Å². The van der Waals surface area contributed by atoms with E-state index >= 15 is 0 Å². The smallest absolute Gasteiger partial charge is 0.251 e. The van der Waals surface area contributed by atoms with Gasteiger partial charge < -0.3 is 10.1 Å². The van der Waals surface area contributed by atoms with E-state index in [-0.39, 0.29) is 5.91 Å². The first-order valence-electron chi connectivity index (χ1n) is 6.65. The van der Waals surface area contributed by atoms with Crippen LogP contribution in [0.25, 0.3) is 0 Å². The van der Waals surface area contributed by atoms with E-state index in [0.29, 0.717) is 18.7 Å². The van der Waals surface area contributed by atoms with Crippen molar-refractivity contribution in [2.75, 3.05) is 13.2 Å². The Morgan fingerprint density at radius 2 is 2.15 bits per heavy atom. The van der Waals surface area contributed by atoms with E-state index in [1.54, 1.807) is 24.3 Å². The van der Waals surface area contributed by atoms with Crippen LogP contribution in [0.1, 0.15) is 29.5 Å². The fourth-order valence-corrected chi connectivity index (χ4v) is 1.78. The highest BCUT2D eigenvalue weighted by Gasteiger charge is 2.05. The van der Waals surface area contributed by atoms with Gasteiger partial charge in [-0.3, -0.25) is 9.89 Å². The molecule has 0 saturated carbocycles. The fourth-order valence-electron chi connectivity index (χ4n) is 1.78. The molecule has 0 bridgehead atoms. The van der Waals surface area contributed by atoms with Gasteiger partial charge in [-0.15, -0.1) is 0 Å². The predicted molar refractivity (Wildman–Crippen MR) is 74.6 cm³/mol. The van der Waals surface area contributed by atoms with Gasteiger partial charge in [0.05, 0.1) is 6.61 Å². The summed E-state index contributed by atoms with van der Waals surface area (Å²) >= 11 is 0. The van der Waals surface area contributed by atoms with Gasteiger partial charge in [0, 0.05) is 18.5 Å². The monoisotopic (exact) mass is 274 g/mol. The molecule has 0 saturated heterocycles. The lowest BCUT2D eigenvalue weighted by atomic mass is 10.2. The predicted octanol–water partition coefficient (Wildman–Crippen LogP) is 1.57. The summed E-state index contributed by atoms with van der Waals surface area (Å²) in [6, 6.07) is 7.12. The Bertz CT molecular complexity index is 523. The molecule has 6 heteroatoms. The molecule has 0 atom stereocenters. The number of carbonyl (C=O) groups excluding carboxylic acids is 1. The van der Waals surface area contributed by atoms with E-state index in [1.165, 1.54) is 6.33 Å². The molecule has 0 aliphatic rings. The minimum absolute atomic E-state index is 0.0781. The van der Waals surface area contributed by atoms with E-state index in [1.807, 2.05) is 6.92 Å². The molecule has 0 radical (unpaired) electrons. The molecule has 2 aromatic rings. The zero-order valence-electron chi connectivity index (χ0n) is 11.4. The van der Waals surface area contributed by atoms with Gasteiger partial charge in [0.1, 0.15) is 17.9 Å². The van der Waals surface area contributed by atoms with Crippen LogP contribution in [0.5, 0.6) is 5.75 Å². The molecule has 6 nitrogen and oxygen atoms in total. The number of H-pyrrole nitrogens is 1. The number of benzene rings is 1. The maximum atomic E-state index is 11.9. The summed E-state index contributed by atoms with van der Waals surface area (Å²) in [4.78, 5) is 15.9. The average Bonchev–Trinajstić information content (AvgIpc) is 2.98. The Balaban J connectivity index is 1.73. The standard InChI is InChI=1S/C14H18N4O2/c1-2-20-12-7-5-11(6-8-12)14(19)15-9-3-4-13-16-10-17-18-13/h5-8,10H,2-4,9H2,1H3,(H,15,19)(H,16,17,18). The molecule has 0 unspecified atom stereocenters. The lowest BCUT2D eigenvalue weighted by Crippen LogP contribution is -2.24. The number of amides is 1. The first-order valence-corrected chi connectivity index (χ1v) is 6.65. The summed E-state index contributed by atoms with van der Waals surface area (Å²) in [5, 5.41) is 9.43. The maximum absolute atomic E-state index is 11.9. The van der Waals surface area contributed by atoms with Crippen LogP contribution in [-0.2, 0) is 6.42 Å². The van der Waals surface area contributed by atoms with Crippen LogP contribution < -0.4 is 10.1 Å². The van der Waals surface area contributed by atoms with E-state index in [2.05, 4.69) is 20.5 Å². The zero-order valence-corrected chi connectivity index (χ0v) is 11.4. The van der Waals surface area contributed by atoms with Gasteiger partial charge in [-0.2, -0.15) is 5.10 Å². The minimum Gasteiger partial charge on any atom is -0.494 e. The van der Waals surface area contributed by atoms with E-state index in [0.717, 1.165) is 24.4 Å². The Kier molecular flexibility index (Phi) is 5.11. The van der Waals surface area contributed by atoms with Crippen molar-refractivity contribution in [1.29, 1.82) is 0 Å². The third kappa shape index (κ3) is 4.08. The molecule has 2 rings (SSSR count). The number of rotatable bonds is 7. The first-order chi connectivity index (χ1) is 9.79. The molecule has 0 aliphatic carbocycles. The Hall–Kier alpha value is -2.37. The number of nitrogens with one attached hydrogen (secondary N) is 2. The van der Waals surface area contributed by atoms with Crippen LogP contribution >= 0.6 is 0 Å². The highest BCUT2D eigenvalue weighted by atomic mass is 16.5. The number of aromatic amines is 1. The van der Waals surface area contributed by atoms with Gasteiger partial charge in [0.25, 0.3) is 5.91 Å². The van der Waals surface area contributed by atoms with Crippen molar-refractivity contribution >= 4 is 5.91 Å². The zero-order chi connectivity index (χ0) is 14.2. The molecule has 1 heterocycles. The van der Waals surface area contributed by atoms with Gasteiger partial charge >= 0.3 is 0 Å². The van der Waals surface area contributed by atoms with Crippen LogP contribution in [0, 0.1) is 0 Å². The average molecular weight is 274 g/mol. The van der Waals surface area contributed by atoms with Gasteiger partial charge in [0.2, 0.25) is 0 Å². The second kappa shape index (κ2) is 7.28. The topological polar surface area (TPSA) is 79.9 Å². The first kappa shape index (κ1) is 14.0. The van der Waals surface area contributed by atoms with Gasteiger partial charge in [-0.05, 0) is 37.6 Å². The molecule has 106 valence electrons. The van der Waals surface area contributed by atoms with Gasteiger partial charge in [-0.1, -0.05) is 0 Å². The quantitative estimate of drug-likeness (QED) is 0.751. The third-order valence-electron chi connectivity index (χ3n) is 2.77. The Morgan fingerprint density at radius 3 is 2.80 bits per heavy atom. The summed E-state index contributed by atoms with van der Waals surface area (Å²) in [6.07, 6.45) is 3.06. The Labute approximate surface area is 117 Å². The normalized spacial score (nSPS) is 10.2. The van der Waals surface area contributed by atoms with Crippen molar-refractivity contribution in [3.63, 3.8) is 0 Å². The van der Waals surface area contributed by atoms with Crippen molar-refractivity contribution in [3.8, 4) is 5.75 Å². The summed E-state index contributed by atoms with van der Waals surface area (Å²) in [7, 11) is 0. The summed E-state index contributed by atoms with van der Waals surface area (Å²) < 4.78 is 5.33. The van der Waals surface area contributed by atoms with Crippen molar-refractivity contribution in [3.05, 3.63) is 42.0 Å². The molecule has 0 spiro atoms. The van der Waals surface area contributed by atoms with E-state index in [4.69, 9.17) is 4.74 Å². The van der Waals surface area contributed by atoms with E-state index < -0.39 is 0 Å². The van der Waals surface area contributed by atoms with Crippen molar-refractivity contribution in [2.24, 2.45) is 0 Å². The molecular weight excluding hydrogens is 256 g/mol.